The van der Waals surface area contributed by atoms with Gasteiger partial charge in [-0.2, -0.15) is 70.2 Å². The van der Waals surface area contributed by atoms with Crippen LogP contribution in [0.1, 0.15) is 64.7 Å². The smallest absolute Gasteiger partial charge is 0.200 e. The molecule has 216 valence electrons. The Balaban J connectivity index is 6.11. The Bertz CT molecular complexity index is 711. The van der Waals surface area contributed by atoms with Crippen LogP contribution in [0.4, 0.5) is 70.2 Å². The van der Waals surface area contributed by atoms with Crippen LogP contribution in [0.3, 0.4) is 0 Å². The van der Waals surface area contributed by atoms with E-state index in [4.69, 9.17) is 0 Å². The molecule has 0 aliphatic carbocycles. The lowest BCUT2D eigenvalue weighted by molar-refractivity contribution is -0.453. The molecule has 0 saturated heterocycles. The Hall–Kier alpha value is -1.38. The van der Waals surface area contributed by atoms with Gasteiger partial charge in [0.15, 0.2) is 0 Å². The van der Waals surface area contributed by atoms with Crippen molar-refractivity contribution in [2.45, 2.75) is 112 Å². The van der Waals surface area contributed by atoms with Crippen LogP contribution >= 0.6 is 0 Å². The third-order valence-electron chi connectivity index (χ3n) is 5.39. The Morgan fingerprint density at radius 3 is 1.11 bits per heavy atom. The summed E-state index contributed by atoms with van der Waals surface area (Å²) in [5.41, 5.74) is 0. The number of alkyl halides is 16. The van der Waals surface area contributed by atoms with Crippen molar-refractivity contribution in [1.29, 1.82) is 0 Å². The van der Waals surface area contributed by atoms with E-state index < -0.39 is 66.6 Å². The summed E-state index contributed by atoms with van der Waals surface area (Å²) in [6.07, 6.45) is -3.81. The van der Waals surface area contributed by atoms with Crippen LogP contribution in [0.5, 0.6) is 0 Å². The van der Waals surface area contributed by atoms with Crippen molar-refractivity contribution in [1.82, 2.24) is 0 Å². The van der Waals surface area contributed by atoms with Gasteiger partial charge in [-0.3, -0.25) is 0 Å². The van der Waals surface area contributed by atoms with E-state index in [1.807, 2.05) is 6.92 Å². The monoisotopic (exact) mass is 568 g/mol. The maximum atomic E-state index is 13.8. The lowest BCUT2D eigenvalue weighted by atomic mass is 9.86. The summed E-state index contributed by atoms with van der Waals surface area (Å²) in [4.78, 5) is 0. The van der Waals surface area contributed by atoms with Crippen molar-refractivity contribution >= 4 is 0 Å². The first-order valence-electron chi connectivity index (χ1n) is 10.5. The maximum Gasteiger partial charge on any atom is 0.384 e. The zero-order valence-corrected chi connectivity index (χ0v) is 18.7. The second-order valence-electron chi connectivity index (χ2n) is 8.22. The number of allylic oxidation sites excluding steroid dienone is 1. The molecule has 0 spiro atoms. The van der Waals surface area contributed by atoms with Crippen LogP contribution in [0, 0.1) is 0 Å². The van der Waals surface area contributed by atoms with Gasteiger partial charge in [-0.1, -0.05) is 51.5 Å². The molecule has 0 N–H and O–H groups in total. The molecule has 0 aliphatic heterocycles. The first-order valence-corrected chi connectivity index (χ1v) is 10.5. The number of hydrogen-bond acceptors (Lipinski definition) is 0. The summed E-state index contributed by atoms with van der Waals surface area (Å²) in [5, 5.41) is 0. The van der Waals surface area contributed by atoms with Gasteiger partial charge in [0.2, 0.25) is 0 Å². The Kier molecular flexibility index (Phi) is 10.7. The molecule has 0 unspecified atom stereocenters. The predicted octanol–water partition coefficient (Wildman–Crippen LogP) is 9.79. The van der Waals surface area contributed by atoms with E-state index >= 15 is 0 Å². The molecule has 0 fully saturated rings. The summed E-state index contributed by atoms with van der Waals surface area (Å²) >= 11 is 0. The van der Waals surface area contributed by atoms with Gasteiger partial charge in [0.1, 0.15) is 0 Å². The molecule has 0 heterocycles. The van der Waals surface area contributed by atoms with E-state index in [1.54, 1.807) is 0 Å². The zero-order valence-electron chi connectivity index (χ0n) is 18.7. The van der Waals surface area contributed by atoms with E-state index in [1.165, 1.54) is 0 Å². The highest BCUT2D eigenvalue weighted by Crippen LogP contribution is 2.64. The molecule has 0 aromatic rings. The molecule has 0 radical (unpaired) electrons. The van der Waals surface area contributed by atoms with Crippen molar-refractivity contribution in [2.75, 3.05) is 0 Å². The molecule has 0 atom stereocenters. The molecule has 0 aromatic heterocycles. The molecule has 0 saturated carbocycles. The molecule has 0 amide bonds. The van der Waals surface area contributed by atoms with Crippen molar-refractivity contribution in [2.24, 2.45) is 0 Å². The fraction of sp³-hybridized carbons (Fsp3) is 0.900. The van der Waals surface area contributed by atoms with Crippen molar-refractivity contribution < 1.29 is 70.2 Å². The van der Waals surface area contributed by atoms with E-state index in [-0.39, 0.29) is 18.9 Å². The second kappa shape index (κ2) is 11.2. The predicted molar refractivity (Wildman–Crippen MR) is 97.0 cm³/mol. The quantitative estimate of drug-likeness (QED) is 0.0931. The van der Waals surface area contributed by atoms with Gasteiger partial charge in [-0.15, -0.1) is 6.58 Å². The molecule has 0 bridgehead atoms. The molecule has 16 heteroatoms. The lowest BCUT2D eigenvalue weighted by Gasteiger charge is -2.43. The van der Waals surface area contributed by atoms with Gasteiger partial charge in [0, 0.05) is 12.8 Å². The Morgan fingerprint density at radius 2 is 0.750 bits per heavy atom. The molecule has 0 rings (SSSR count). The Labute approximate surface area is 196 Å². The number of hydrogen-bond donors (Lipinski definition) is 0. The van der Waals surface area contributed by atoms with Crippen LogP contribution in [0.25, 0.3) is 0 Å². The fourth-order valence-corrected chi connectivity index (χ4v) is 3.02. The lowest BCUT2D eigenvalue weighted by Crippen LogP contribution is -2.74. The zero-order chi connectivity index (χ0) is 29.1. The van der Waals surface area contributed by atoms with E-state index in [0.29, 0.717) is 19.3 Å². The highest BCUT2D eigenvalue weighted by Gasteiger charge is 2.94. The summed E-state index contributed by atoms with van der Waals surface area (Å²) < 4.78 is 219. The molecular formula is C20H24F16. The van der Waals surface area contributed by atoms with E-state index in [2.05, 4.69) is 6.58 Å². The van der Waals surface area contributed by atoms with Crippen molar-refractivity contribution in [3.05, 3.63) is 12.7 Å². The average molecular weight is 568 g/mol. The van der Waals surface area contributed by atoms with E-state index in [0.717, 1.165) is 6.42 Å². The number of halogens is 16. The van der Waals surface area contributed by atoms with Gasteiger partial charge < -0.3 is 0 Å². The number of rotatable bonds is 17. The van der Waals surface area contributed by atoms with Crippen molar-refractivity contribution in [3.63, 3.8) is 0 Å². The summed E-state index contributed by atoms with van der Waals surface area (Å²) in [6, 6.07) is 0. The largest absolute Gasteiger partial charge is 0.384 e. The van der Waals surface area contributed by atoms with Crippen LogP contribution in [-0.4, -0.2) is 47.4 Å². The van der Waals surface area contributed by atoms with Gasteiger partial charge >= 0.3 is 47.4 Å². The van der Waals surface area contributed by atoms with Crippen LogP contribution in [-0.2, 0) is 0 Å². The SMILES string of the molecule is C=CCC(F)(F)C(F)(F)C(F)(F)C(F)(F)C(F)(F)C(F)(F)C(F)(F)C(F)(F)CCCCCCCCC. The topological polar surface area (TPSA) is 0 Å². The molecule has 0 aliphatic rings. The minimum Gasteiger partial charge on any atom is -0.200 e. The molecular weight excluding hydrogens is 544 g/mol. The van der Waals surface area contributed by atoms with Crippen LogP contribution in [0.2, 0.25) is 0 Å². The van der Waals surface area contributed by atoms with Crippen molar-refractivity contribution in [3.8, 4) is 0 Å². The molecule has 0 nitrogen and oxygen atoms in total. The second-order valence-corrected chi connectivity index (χ2v) is 8.22. The van der Waals surface area contributed by atoms with Gasteiger partial charge in [-0.05, 0) is 6.42 Å². The fourth-order valence-electron chi connectivity index (χ4n) is 3.02. The first-order chi connectivity index (χ1) is 15.9. The maximum absolute atomic E-state index is 13.8. The normalized spacial score (nSPS) is 15.4. The van der Waals surface area contributed by atoms with Gasteiger partial charge in [0.25, 0.3) is 0 Å². The minimum absolute atomic E-state index is 0.118. The highest BCUT2D eigenvalue weighted by molar-refractivity contribution is 5.16. The van der Waals surface area contributed by atoms with Gasteiger partial charge in [0.05, 0.1) is 0 Å². The molecule has 36 heavy (non-hydrogen) atoms. The van der Waals surface area contributed by atoms with Gasteiger partial charge in [-0.25, -0.2) is 0 Å². The van der Waals surface area contributed by atoms with Crippen LogP contribution < -0.4 is 0 Å². The summed E-state index contributed by atoms with van der Waals surface area (Å²) in [6.45, 7) is 4.22. The summed E-state index contributed by atoms with van der Waals surface area (Å²) in [7, 11) is 0. The highest BCUT2D eigenvalue weighted by atomic mass is 19.4. The summed E-state index contributed by atoms with van der Waals surface area (Å²) in [5.74, 6) is -60.5. The third kappa shape index (κ3) is 5.70. The molecule has 0 aromatic carbocycles. The minimum atomic E-state index is -8.36. The third-order valence-corrected chi connectivity index (χ3v) is 5.39. The standard InChI is InChI=1S/C20H24F16/c1-3-5-6-7-8-9-10-12-14(23,24)16(27,28)18(31,32)20(35,36)19(33,34)17(29,30)15(25,26)13(21,22)11-4-2/h4H,2-3,5-12H2,1H3. The Morgan fingerprint density at radius 1 is 0.444 bits per heavy atom. The van der Waals surface area contributed by atoms with E-state index in [9.17, 15) is 70.2 Å². The average Bonchev–Trinajstić information content (AvgIpc) is 2.71. The van der Waals surface area contributed by atoms with Crippen LogP contribution in [0.15, 0.2) is 12.7 Å². The first kappa shape index (κ1) is 34.6. The number of unbranched alkanes of at least 4 members (excludes halogenated alkanes) is 6.